The molecule has 0 saturated carbocycles. The molecule has 0 bridgehead atoms. The van der Waals surface area contributed by atoms with Gasteiger partial charge in [-0.3, -0.25) is 4.79 Å². The quantitative estimate of drug-likeness (QED) is 0.678. The number of carbonyl (C=O) groups is 2. The van der Waals surface area contributed by atoms with Crippen LogP contribution in [-0.2, 0) is 9.59 Å². The summed E-state index contributed by atoms with van der Waals surface area (Å²) < 4.78 is 5.96. The van der Waals surface area contributed by atoms with E-state index < -0.39 is 17.9 Å². The third kappa shape index (κ3) is 5.36. The minimum atomic E-state index is -1.21. The molecule has 0 aliphatic carbocycles. The normalized spacial score (nSPS) is 11.8. The second kappa shape index (κ2) is 8.08. The van der Waals surface area contributed by atoms with Gasteiger partial charge >= 0.3 is 5.97 Å². The molecule has 0 aromatic heterocycles. The Hall–Kier alpha value is -1.31. The highest BCUT2D eigenvalue weighted by Gasteiger charge is 2.19. The molecule has 1 aromatic carbocycles. The summed E-state index contributed by atoms with van der Waals surface area (Å²) in [5, 5.41) is 20.1. The summed E-state index contributed by atoms with van der Waals surface area (Å²) in [5.41, 5.74) is 0. The van der Waals surface area contributed by atoms with Crippen molar-refractivity contribution >= 4 is 39.4 Å². The summed E-state index contributed by atoms with van der Waals surface area (Å²) in [6, 6.07) is 3.75. The Bertz CT molecular complexity index is 497. The molecule has 6 nitrogen and oxygen atoms in total. The van der Waals surface area contributed by atoms with Crippen LogP contribution in [0.5, 0.6) is 5.75 Å². The largest absolute Gasteiger partial charge is 0.482 e. The van der Waals surface area contributed by atoms with E-state index in [1.54, 1.807) is 18.2 Å². The van der Waals surface area contributed by atoms with Crippen molar-refractivity contribution in [1.29, 1.82) is 0 Å². The molecule has 0 aliphatic heterocycles. The number of aliphatic carboxylic acids is 1. The monoisotopic (exact) mass is 365 g/mol. The Kier molecular flexibility index (Phi) is 6.77. The summed E-state index contributed by atoms with van der Waals surface area (Å²) >= 11 is 9.14. The van der Waals surface area contributed by atoms with Gasteiger partial charge < -0.3 is 20.3 Å². The van der Waals surface area contributed by atoms with Gasteiger partial charge in [-0.2, -0.15) is 0 Å². The lowest BCUT2D eigenvalue weighted by molar-refractivity contribution is -0.142. The van der Waals surface area contributed by atoms with Gasteiger partial charge in [-0.05, 0) is 18.2 Å². The fourth-order valence-corrected chi connectivity index (χ4v) is 2.09. The van der Waals surface area contributed by atoms with Crippen molar-refractivity contribution in [2.24, 2.45) is 0 Å². The van der Waals surface area contributed by atoms with Crippen LogP contribution in [0.15, 0.2) is 22.7 Å². The van der Waals surface area contributed by atoms with Crippen LogP contribution in [0, 0.1) is 0 Å². The maximum absolute atomic E-state index is 11.6. The number of aliphatic hydroxyl groups excluding tert-OH is 1. The lowest BCUT2D eigenvalue weighted by atomic mass is 10.2. The van der Waals surface area contributed by atoms with Crippen LogP contribution in [0.4, 0.5) is 0 Å². The van der Waals surface area contributed by atoms with Crippen molar-refractivity contribution in [3.05, 3.63) is 27.7 Å². The van der Waals surface area contributed by atoms with E-state index in [0.29, 0.717) is 10.8 Å². The predicted octanol–water partition coefficient (Wildman–Crippen LogP) is 1.43. The first kappa shape index (κ1) is 16.7. The average molecular weight is 367 g/mol. The van der Waals surface area contributed by atoms with Gasteiger partial charge in [-0.1, -0.05) is 27.5 Å². The molecule has 3 N–H and O–H groups in total. The molecule has 0 spiro atoms. The molecule has 0 heterocycles. The maximum atomic E-state index is 11.6. The second-order valence-corrected chi connectivity index (χ2v) is 5.16. The van der Waals surface area contributed by atoms with Crippen molar-refractivity contribution in [2.75, 3.05) is 13.2 Å². The standard InChI is InChI=1S/C12H13BrClNO5/c13-7-1-2-10(8(14)5-7)20-6-11(17)15-9(3-4-16)12(18)19/h1-2,5,9,16H,3-4,6H2,(H,15,17)(H,18,19). The van der Waals surface area contributed by atoms with Gasteiger partial charge in [0.2, 0.25) is 0 Å². The molecule has 1 amide bonds. The van der Waals surface area contributed by atoms with E-state index in [2.05, 4.69) is 21.2 Å². The smallest absolute Gasteiger partial charge is 0.326 e. The Morgan fingerprint density at radius 2 is 2.15 bits per heavy atom. The Morgan fingerprint density at radius 3 is 2.70 bits per heavy atom. The van der Waals surface area contributed by atoms with Crippen LogP contribution < -0.4 is 10.1 Å². The lowest BCUT2D eigenvalue weighted by Crippen LogP contribution is -2.43. The molecule has 20 heavy (non-hydrogen) atoms. The van der Waals surface area contributed by atoms with Crippen molar-refractivity contribution in [3.63, 3.8) is 0 Å². The number of amides is 1. The van der Waals surface area contributed by atoms with Gasteiger partial charge in [-0.15, -0.1) is 0 Å². The van der Waals surface area contributed by atoms with E-state index in [4.69, 9.17) is 26.6 Å². The first-order valence-corrected chi connectivity index (χ1v) is 6.82. The number of rotatable bonds is 7. The molecule has 1 unspecified atom stereocenters. The van der Waals surface area contributed by atoms with E-state index in [9.17, 15) is 9.59 Å². The summed E-state index contributed by atoms with van der Waals surface area (Å²) in [7, 11) is 0. The SMILES string of the molecule is O=C(COc1ccc(Br)cc1Cl)NC(CCO)C(=O)O. The Morgan fingerprint density at radius 1 is 1.45 bits per heavy atom. The highest BCUT2D eigenvalue weighted by atomic mass is 79.9. The fraction of sp³-hybridized carbons (Fsp3) is 0.333. The number of hydrogen-bond donors (Lipinski definition) is 3. The Labute approximate surface area is 128 Å². The number of carboxylic acids is 1. The molecule has 8 heteroatoms. The molecule has 1 atom stereocenters. The summed E-state index contributed by atoms with van der Waals surface area (Å²) in [5.74, 6) is -1.50. The predicted molar refractivity (Wildman–Crippen MR) is 75.9 cm³/mol. The lowest BCUT2D eigenvalue weighted by Gasteiger charge is -2.14. The van der Waals surface area contributed by atoms with Gasteiger partial charge in [0.05, 0.1) is 5.02 Å². The van der Waals surface area contributed by atoms with E-state index in [0.717, 1.165) is 4.47 Å². The second-order valence-electron chi connectivity index (χ2n) is 3.83. The summed E-state index contributed by atoms with van der Waals surface area (Å²) in [6.45, 7) is -0.701. The van der Waals surface area contributed by atoms with Crippen LogP contribution in [0.3, 0.4) is 0 Å². The highest BCUT2D eigenvalue weighted by molar-refractivity contribution is 9.10. The minimum absolute atomic E-state index is 0.0693. The zero-order chi connectivity index (χ0) is 15.1. The zero-order valence-electron chi connectivity index (χ0n) is 10.3. The number of aliphatic hydroxyl groups is 1. The first-order valence-electron chi connectivity index (χ1n) is 5.65. The fourth-order valence-electron chi connectivity index (χ4n) is 1.36. The molecular formula is C12H13BrClNO5. The van der Waals surface area contributed by atoms with Crippen LogP contribution >= 0.6 is 27.5 Å². The van der Waals surface area contributed by atoms with Crippen LogP contribution in [0.1, 0.15) is 6.42 Å². The number of hydrogen-bond acceptors (Lipinski definition) is 4. The number of benzene rings is 1. The number of ether oxygens (including phenoxy) is 1. The average Bonchev–Trinajstić information content (AvgIpc) is 2.37. The molecule has 0 aliphatic rings. The summed E-state index contributed by atoms with van der Waals surface area (Å²) in [4.78, 5) is 22.3. The Balaban J connectivity index is 2.52. The van der Waals surface area contributed by atoms with Gasteiger partial charge in [0.15, 0.2) is 6.61 Å². The molecule has 0 fully saturated rings. The van der Waals surface area contributed by atoms with E-state index >= 15 is 0 Å². The third-order valence-corrected chi connectivity index (χ3v) is 3.09. The zero-order valence-corrected chi connectivity index (χ0v) is 12.6. The van der Waals surface area contributed by atoms with E-state index in [1.807, 2.05) is 0 Å². The maximum Gasteiger partial charge on any atom is 0.326 e. The molecule has 1 rings (SSSR count). The summed E-state index contributed by atoms with van der Waals surface area (Å²) in [6.07, 6.45) is -0.0693. The number of carboxylic acid groups (broad SMARTS) is 1. The topological polar surface area (TPSA) is 95.9 Å². The molecule has 0 saturated heterocycles. The van der Waals surface area contributed by atoms with Gasteiger partial charge in [0, 0.05) is 17.5 Å². The van der Waals surface area contributed by atoms with Crippen LogP contribution in [0.2, 0.25) is 5.02 Å². The van der Waals surface area contributed by atoms with Crippen molar-refractivity contribution < 1.29 is 24.5 Å². The van der Waals surface area contributed by atoms with Crippen molar-refractivity contribution in [1.82, 2.24) is 5.32 Å². The molecule has 1 aromatic rings. The third-order valence-electron chi connectivity index (χ3n) is 2.30. The van der Waals surface area contributed by atoms with Crippen molar-refractivity contribution in [2.45, 2.75) is 12.5 Å². The number of carbonyl (C=O) groups excluding carboxylic acids is 1. The van der Waals surface area contributed by atoms with Gasteiger partial charge in [-0.25, -0.2) is 4.79 Å². The van der Waals surface area contributed by atoms with Gasteiger partial charge in [0.25, 0.3) is 5.91 Å². The number of nitrogens with one attached hydrogen (secondary N) is 1. The molecule has 110 valence electrons. The van der Waals surface area contributed by atoms with Crippen LogP contribution in [0.25, 0.3) is 0 Å². The first-order chi connectivity index (χ1) is 9.43. The number of halogens is 2. The highest BCUT2D eigenvalue weighted by Crippen LogP contribution is 2.27. The van der Waals surface area contributed by atoms with Crippen molar-refractivity contribution in [3.8, 4) is 5.75 Å². The van der Waals surface area contributed by atoms with E-state index in [-0.39, 0.29) is 19.6 Å². The van der Waals surface area contributed by atoms with Gasteiger partial charge in [0.1, 0.15) is 11.8 Å². The minimum Gasteiger partial charge on any atom is -0.482 e. The molecular weight excluding hydrogens is 353 g/mol. The van der Waals surface area contributed by atoms with E-state index in [1.165, 1.54) is 0 Å². The molecule has 0 radical (unpaired) electrons. The van der Waals surface area contributed by atoms with Crippen LogP contribution in [-0.4, -0.2) is 41.3 Å².